The van der Waals surface area contributed by atoms with Gasteiger partial charge in [0.15, 0.2) is 19.0 Å². The maximum atomic E-state index is 12.2. The van der Waals surface area contributed by atoms with Crippen molar-refractivity contribution in [2.45, 2.75) is 0 Å². The fraction of sp³-hybridized carbons (Fsp3) is 0.130. The molecular formula is C23H20O5. The first kappa shape index (κ1) is 19.2. The molecule has 142 valence electrons. The van der Waals surface area contributed by atoms with Crippen LogP contribution in [0.1, 0.15) is 10.4 Å². The summed E-state index contributed by atoms with van der Waals surface area (Å²) in [6.07, 6.45) is 0. The minimum Gasteiger partial charge on any atom is -0.497 e. The highest BCUT2D eigenvalue weighted by Crippen LogP contribution is 2.19. The predicted octanol–water partition coefficient (Wildman–Crippen LogP) is 4.17. The fourth-order valence-electron chi connectivity index (χ4n) is 2.56. The number of carbonyl (C=O) groups excluding carboxylic acids is 2. The molecule has 0 spiro atoms. The lowest BCUT2D eigenvalue weighted by molar-refractivity contribution is -0.144. The standard InChI is InChI=1S/C23H20O5/c1-26-20-11-13-21(14-12-20)27-16-23(25)28-15-22(24)19-9-7-18(8-10-19)17-5-3-2-4-6-17/h2-14H,15-16H2,1H3. The Bertz CT molecular complexity index is 915. The molecule has 0 amide bonds. The van der Waals surface area contributed by atoms with Gasteiger partial charge in [-0.05, 0) is 35.4 Å². The monoisotopic (exact) mass is 376 g/mol. The summed E-state index contributed by atoms with van der Waals surface area (Å²) >= 11 is 0. The molecule has 0 unspecified atom stereocenters. The maximum absolute atomic E-state index is 12.2. The average Bonchev–Trinajstić information content (AvgIpc) is 2.77. The minimum absolute atomic E-state index is 0.266. The van der Waals surface area contributed by atoms with Gasteiger partial charge in [-0.3, -0.25) is 4.79 Å². The van der Waals surface area contributed by atoms with Gasteiger partial charge in [-0.25, -0.2) is 4.79 Å². The second-order valence-electron chi connectivity index (χ2n) is 5.99. The van der Waals surface area contributed by atoms with Crippen LogP contribution >= 0.6 is 0 Å². The van der Waals surface area contributed by atoms with Crippen LogP contribution in [0.2, 0.25) is 0 Å². The zero-order valence-corrected chi connectivity index (χ0v) is 15.5. The highest BCUT2D eigenvalue weighted by atomic mass is 16.6. The van der Waals surface area contributed by atoms with Gasteiger partial charge in [-0.2, -0.15) is 0 Å². The highest BCUT2D eigenvalue weighted by Gasteiger charge is 2.11. The van der Waals surface area contributed by atoms with Gasteiger partial charge in [0.25, 0.3) is 0 Å². The zero-order chi connectivity index (χ0) is 19.8. The fourth-order valence-corrected chi connectivity index (χ4v) is 2.56. The van der Waals surface area contributed by atoms with Crippen molar-refractivity contribution >= 4 is 11.8 Å². The van der Waals surface area contributed by atoms with Gasteiger partial charge in [-0.1, -0.05) is 54.6 Å². The normalized spacial score (nSPS) is 10.2. The van der Waals surface area contributed by atoms with E-state index < -0.39 is 5.97 Å². The van der Waals surface area contributed by atoms with Crippen LogP contribution in [0.25, 0.3) is 11.1 Å². The Morgan fingerprint density at radius 3 is 1.96 bits per heavy atom. The van der Waals surface area contributed by atoms with Crippen molar-refractivity contribution in [3.05, 3.63) is 84.4 Å². The predicted molar refractivity (Wildman–Crippen MR) is 106 cm³/mol. The van der Waals surface area contributed by atoms with E-state index in [4.69, 9.17) is 14.2 Å². The second-order valence-corrected chi connectivity index (χ2v) is 5.99. The first-order valence-electron chi connectivity index (χ1n) is 8.77. The molecule has 0 bridgehead atoms. The number of ketones is 1. The van der Waals surface area contributed by atoms with E-state index in [1.807, 2.05) is 42.5 Å². The molecule has 0 heterocycles. The quantitative estimate of drug-likeness (QED) is 0.436. The Hall–Kier alpha value is -3.60. The van der Waals surface area contributed by atoms with Crippen molar-refractivity contribution in [1.29, 1.82) is 0 Å². The van der Waals surface area contributed by atoms with E-state index in [2.05, 4.69) is 0 Å². The van der Waals surface area contributed by atoms with Crippen LogP contribution in [0.4, 0.5) is 0 Å². The van der Waals surface area contributed by atoms with E-state index >= 15 is 0 Å². The molecule has 0 aliphatic carbocycles. The second kappa shape index (κ2) is 9.37. The van der Waals surface area contributed by atoms with Gasteiger partial charge in [-0.15, -0.1) is 0 Å². The van der Waals surface area contributed by atoms with Crippen LogP contribution in [-0.2, 0) is 9.53 Å². The van der Waals surface area contributed by atoms with Crippen LogP contribution in [0.5, 0.6) is 11.5 Å². The first-order chi connectivity index (χ1) is 13.7. The van der Waals surface area contributed by atoms with Gasteiger partial charge in [0.1, 0.15) is 11.5 Å². The summed E-state index contributed by atoms with van der Waals surface area (Å²) in [5.74, 6) is 0.335. The maximum Gasteiger partial charge on any atom is 0.344 e. The summed E-state index contributed by atoms with van der Waals surface area (Å²) in [6.45, 7) is -0.595. The third-order valence-electron chi connectivity index (χ3n) is 4.09. The number of hydrogen-bond donors (Lipinski definition) is 0. The average molecular weight is 376 g/mol. The molecule has 0 atom stereocenters. The number of benzene rings is 3. The molecule has 5 nitrogen and oxygen atoms in total. The van der Waals surface area contributed by atoms with Gasteiger partial charge < -0.3 is 14.2 Å². The highest BCUT2D eigenvalue weighted by molar-refractivity contribution is 5.98. The first-order valence-corrected chi connectivity index (χ1v) is 8.77. The van der Waals surface area contributed by atoms with E-state index in [1.165, 1.54) is 0 Å². The minimum atomic E-state index is -0.606. The Morgan fingerprint density at radius 2 is 1.32 bits per heavy atom. The van der Waals surface area contributed by atoms with Gasteiger partial charge in [0, 0.05) is 5.56 Å². The van der Waals surface area contributed by atoms with Crippen LogP contribution in [-0.4, -0.2) is 32.1 Å². The molecule has 3 aromatic rings. The summed E-state index contributed by atoms with van der Waals surface area (Å²) in [7, 11) is 1.57. The topological polar surface area (TPSA) is 61.8 Å². The van der Waals surface area contributed by atoms with E-state index in [1.54, 1.807) is 43.5 Å². The van der Waals surface area contributed by atoms with Crippen molar-refractivity contribution in [3.63, 3.8) is 0 Å². The van der Waals surface area contributed by atoms with Crippen molar-refractivity contribution in [2.75, 3.05) is 20.3 Å². The molecule has 0 fully saturated rings. The van der Waals surface area contributed by atoms with Gasteiger partial charge in [0.2, 0.25) is 0 Å². The van der Waals surface area contributed by atoms with Crippen LogP contribution in [0.15, 0.2) is 78.9 Å². The number of rotatable bonds is 8. The number of methoxy groups -OCH3 is 1. The number of Topliss-reactive ketones (excluding diaryl/α,β-unsaturated/α-hetero) is 1. The van der Waals surface area contributed by atoms with E-state index in [0.717, 1.165) is 11.1 Å². The molecular weight excluding hydrogens is 356 g/mol. The van der Waals surface area contributed by atoms with E-state index in [0.29, 0.717) is 17.1 Å². The Kier molecular flexibility index (Phi) is 6.41. The van der Waals surface area contributed by atoms with Crippen LogP contribution in [0, 0.1) is 0 Å². The largest absolute Gasteiger partial charge is 0.497 e. The summed E-state index contributed by atoms with van der Waals surface area (Å²) in [5.41, 5.74) is 2.58. The van der Waals surface area contributed by atoms with Crippen molar-refractivity contribution in [3.8, 4) is 22.6 Å². The Labute approximate surface area is 163 Å². The van der Waals surface area contributed by atoms with Crippen molar-refractivity contribution in [2.24, 2.45) is 0 Å². The number of ether oxygens (including phenoxy) is 3. The van der Waals surface area contributed by atoms with Gasteiger partial charge in [0.05, 0.1) is 7.11 Å². The van der Waals surface area contributed by atoms with Gasteiger partial charge >= 0.3 is 5.97 Å². The Balaban J connectivity index is 1.47. The summed E-state index contributed by atoms with van der Waals surface area (Å²) < 4.78 is 15.4. The summed E-state index contributed by atoms with van der Waals surface area (Å²) in [5, 5.41) is 0. The molecule has 0 N–H and O–H groups in total. The lowest BCUT2D eigenvalue weighted by Gasteiger charge is -2.08. The Morgan fingerprint density at radius 1 is 0.714 bits per heavy atom. The van der Waals surface area contributed by atoms with Crippen molar-refractivity contribution < 1.29 is 23.8 Å². The molecule has 0 aliphatic rings. The lowest BCUT2D eigenvalue weighted by atomic mass is 10.0. The zero-order valence-electron chi connectivity index (χ0n) is 15.5. The van der Waals surface area contributed by atoms with Crippen LogP contribution < -0.4 is 9.47 Å². The lowest BCUT2D eigenvalue weighted by Crippen LogP contribution is -2.19. The molecule has 3 aromatic carbocycles. The van der Waals surface area contributed by atoms with Crippen LogP contribution in [0.3, 0.4) is 0 Å². The van der Waals surface area contributed by atoms with E-state index in [-0.39, 0.29) is 19.0 Å². The molecule has 0 aliphatic heterocycles. The smallest absolute Gasteiger partial charge is 0.344 e. The third kappa shape index (κ3) is 5.20. The van der Waals surface area contributed by atoms with Crippen molar-refractivity contribution in [1.82, 2.24) is 0 Å². The number of esters is 1. The molecule has 0 radical (unpaired) electrons. The SMILES string of the molecule is COc1ccc(OCC(=O)OCC(=O)c2ccc(-c3ccccc3)cc2)cc1. The number of hydrogen-bond acceptors (Lipinski definition) is 5. The molecule has 28 heavy (non-hydrogen) atoms. The van der Waals surface area contributed by atoms with E-state index in [9.17, 15) is 9.59 Å². The molecule has 0 saturated carbocycles. The molecule has 0 saturated heterocycles. The number of carbonyl (C=O) groups is 2. The molecule has 0 aromatic heterocycles. The summed E-state index contributed by atoms with van der Waals surface area (Å²) in [6, 6.07) is 23.9. The molecule has 3 rings (SSSR count). The third-order valence-corrected chi connectivity index (χ3v) is 4.09. The summed E-state index contributed by atoms with van der Waals surface area (Å²) in [4.78, 5) is 24.0. The molecule has 5 heteroatoms.